The van der Waals surface area contributed by atoms with Gasteiger partial charge in [-0.1, -0.05) is 6.07 Å². The Balaban J connectivity index is 1.70. The first-order chi connectivity index (χ1) is 17.2. The van der Waals surface area contributed by atoms with Crippen molar-refractivity contribution in [2.24, 2.45) is 7.05 Å². The minimum absolute atomic E-state index is 0.0292. The van der Waals surface area contributed by atoms with E-state index in [0.29, 0.717) is 5.69 Å². The van der Waals surface area contributed by atoms with Crippen LogP contribution in [-0.2, 0) is 7.05 Å². The molecule has 3 aromatic heterocycles. The summed E-state index contributed by atoms with van der Waals surface area (Å²) in [5.41, 5.74) is 1.61. The minimum atomic E-state index is -1.19. The van der Waals surface area contributed by atoms with E-state index in [4.69, 9.17) is 0 Å². The molecule has 0 unspecified atom stereocenters. The monoisotopic (exact) mass is 508 g/mol. The largest absolute Gasteiger partial charge is 0.465 e. The van der Waals surface area contributed by atoms with Crippen molar-refractivity contribution in [1.29, 1.82) is 5.26 Å². The number of nitrogens with one attached hydrogen (secondary N) is 3. The molecule has 1 amide bonds. The van der Waals surface area contributed by atoms with E-state index in [0.717, 1.165) is 27.7 Å². The maximum Gasteiger partial charge on any atom is 0.404 e. The summed E-state index contributed by atoms with van der Waals surface area (Å²) in [6.45, 7) is 1.68. The molecule has 0 aliphatic carbocycles. The summed E-state index contributed by atoms with van der Waals surface area (Å²) in [4.78, 5) is 18.3. The Morgan fingerprint density at radius 1 is 1.28 bits per heavy atom. The van der Waals surface area contributed by atoms with Crippen LogP contribution in [-0.4, -0.2) is 46.1 Å². The highest BCUT2D eigenvalue weighted by Gasteiger charge is 2.24. The van der Waals surface area contributed by atoms with Gasteiger partial charge in [0.15, 0.2) is 23.3 Å². The molecule has 186 valence electrons. The molecular weight excluding hydrogens is 483 g/mol. The van der Waals surface area contributed by atoms with Crippen LogP contribution in [0, 0.1) is 17.1 Å². The third kappa shape index (κ3) is 5.01. The van der Waals surface area contributed by atoms with E-state index in [-0.39, 0.29) is 17.2 Å². The molecule has 3 heterocycles. The van der Waals surface area contributed by atoms with Gasteiger partial charge in [-0.3, -0.25) is 4.68 Å². The van der Waals surface area contributed by atoms with Crippen molar-refractivity contribution in [2.45, 2.75) is 19.0 Å². The van der Waals surface area contributed by atoms with E-state index in [1.54, 1.807) is 11.6 Å². The molecule has 0 aliphatic heterocycles. The lowest BCUT2D eigenvalue weighted by atomic mass is 10.1. The summed E-state index contributed by atoms with van der Waals surface area (Å²) in [5, 5.41) is 34.6. The normalized spacial score (nSPS) is 12.6. The SMILES string of the molecule is C[C@H](NC(=O)O)[C@H](Nc1nc(Nc2ccc3c(c2)c(N(C)C)nn3C)c(C#N)cc1F)c1cccs1. The topological polar surface area (TPSA) is 131 Å². The molecule has 12 heteroatoms. The van der Waals surface area contributed by atoms with E-state index in [1.807, 2.05) is 67.8 Å². The van der Waals surface area contributed by atoms with E-state index in [1.165, 1.54) is 11.3 Å². The molecule has 0 saturated heterocycles. The summed E-state index contributed by atoms with van der Waals surface area (Å²) < 4.78 is 16.8. The number of halogens is 1. The molecule has 1 aromatic carbocycles. The summed E-state index contributed by atoms with van der Waals surface area (Å²) in [7, 11) is 5.67. The second-order valence-electron chi connectivity index (χ2n) is 8.40. The highest BCUT2D eigenvalue weighted by atomic mass is 32.1. The number of hydrogen-bond acceptors (Lipinski definition) is 8. The summed E-state index contributed by atoms with van der Waals surface area (Å²) in [6.07, 6.45) is -1.19. The number of nitriles is 1. The van der Waals surface area contributed by atoms with Crippen LogP contribution in [0.5, 0.6) is 0 Å². The number of thiophene rings is 1. The Labute approximate surface area is 211 Å². The van der Waals surface area contributed by atoms with Gasteiger partial charge in [-0.25, -0.2) is 14.2 Å². The molecule has 10 nitrogen and oxygen atoms in total. The van der Waals surface area contributed by atoms with Crippen LogP contribution in [0.2, 0.25) is 0 Å². The van der Waals surface area contributed by atoms with Crippen molar-refractivity contribution in [1.82, 2.24) is 20.1 Å². The number of carbonyl (C=O) groups is 1. The van der Waals surface area contributed by atoms with Gasteiger partial charge in [-0.05, 0) is 42.6 Å². The van der Waals surface area contributed by atoms with Crippen LogP contribution in [0.3, 0.4) is 0 Å². The number of rotatable bonds is 8. The maximum absolute atomic E-state index is 15.0. The van der Waals surface area contributed by atoms with E-state index >= 15 is 0 Å². The van der Waals surface area contributed by atoms with Crippen LogP contribution < -0.4 is 20.9 Å². The van der Waals surface area contributed by atoms with Crippen LogP contribution in [0.25, 0.3) is 10.9 Å². The molecular formula is C24H25FN8O2S. The standard InChI is InChI=1S/C24H25FN8O2S/c1-13(27-24(34)35)20(19-6-5-9-36-19)29-22-17(25)10-14(12-26)21(30-22)28-15-7-8-18-16(11-15)23(32(2)3)31-33(18)4/h5-11,13,20,27H,1-4H3,(H,34,35)(H2,28,29,30)/t13-,20-/m0/s1. The summed E-state index contributed by atoms with van der Waals surface area (Å²) >= 11 is 1.41. The number of hydrogen-bond donors (Lipinski definition) is 4. The molecule has 2 atom stereocenters. The second-order valence-corrected chi connectivity index (χ2v) is 9.38. The van der Waals surface area contributed by atoms with Crippen molar-refractivity contribution in [3.05, 3.63) is 58.0 Å². The molecule has 4 N–H and O–H groups in total. The van der Waals surface area contributed by atoms with Gasteiger partial charge in [-0.15, -0.1) is 11.3 Å². The minimum Gasteiger partial charge on any atom is -0.465 e. The average Bonchev–Trinajstić information content (AvgIpc) is 3.46. The van der Waals surface area contributed by atoms with Gasteiger partial charge in [-0.2, -0.15) is 10.4 Å². The van der Waals surface area contributed by atoms with Crippen molar-refractivity contribution in [3.8, 4) is 6.07 Å². The van der Waals surface area contributed by atoms with Gasteiger partial charge in [0.05, 0.1) is 23.2 Å². The molecule has 0 radical (unpaired) electrons. The van der Waals surface area contributed by atoms with E-state index < -0.39 is 24.0 Å². The number of fused-ring (bicyclic) bond motifs is 1. The number of aromatic nitrogens is 3. The first-order valence-corrected chi connectivity index (χ1v) is 11.9. The van der Waals surface area contributed by atoms with Crippen LogP contribution in [0.4, 0.5) is 32.3 Å². The molecule has 0 bridgehead atoms. The number of nitrogens with zero attached hydrogens (tertiary/aromatic N) is 5. The number of carboxylic acid groups (broad SMARTS) is 1. The van der Waals surface area contributed by atoms with Gasteiger partial charge < -0.3 is 26.0 Å². The Hall–Kier alpha value is -4.37. The maximum atomic E-state index is 15.0. The van der Waals surface area contributed by atoms with Crippen molar-refractivity contribution in [3.63, 3.8) is 0 Å². The van der Waals surface area contributed by atoms with E-state index in [2.05, 4.69) is 26.0 Å². The molecule has 4 aromatic rings. The average molecular weight is 509 g/mol. The molecule has 0 saturated carbocycles. The Morgan fingerprint density at radius 2 is 2.06 bits per heavy atom. The highest BCUT2D eigenvalue weighted by molar-refractivity contribution is 7.10. The second kappa shape index (κ2) is 10.1. The van der Waals surface area contributed by atoms with Gasteiger partial charge in [0.25, 0.3) is 0 Å². The van der Waals surface area contributed by atoms with Crippen molar-refractivity contribution < 1.29 is 14.3 Å². The van der Waals surface area contributed by atoms with Crippen LogP contribution >= 0.6 is 11.3 Å². The number of amides is 1. The fraction of sp³-hybridized carbons (Fsp3) is 0.250. The number of aryl methyl sites for hydroxylation is 1. The highest BCUT2D eigenvalue weighted by Crippen LogP contribution is 2.32. The predicted octanol–water partition coefficient (Wildman–Crippen LogP) is 4.66. The molecule has 0 aliphatic rings. The van der Waals surface area contributed by atoms with Gasteiger partial charge in [0.2, 0.25) is 0 Å². The fourth-order valence-corrected chi connectivity index (χ4v) is 4.78. The lowest BCUT2D eigenvalue weighted by Crippen LogP contribution is -2.39. The first kappa shape index (κ1) is 24.7. The Kier molecular flexibility index (Phi) is 6.93. The summed E-state index contributed by atoms with van der Waals surface area (Å²) in [6, 6.07) is 11.2. The lowest BCUT2D eigenvalue weighted by Gasteiger charge is -2.25. The Bertz CT molecular complexity index is 1440. The number of pyridine rings is 1. The molecule has 0 fully saturated rings. The molecule has 36 heavy (non-hydrogen) atoms. The predicted molar refractivity (Wildman–Crippen MR) is 139 cm³/mol. The quantitative estimate of drug-likeness (QED) is 0.270. The zero-order chi connectivity index (χ0) is 26.0. The number of benzene rings is 1. The van der Waals surface area contributed by atoms with Crippen molar-refractivity contribution in [2.75, 3.05) is 29.6 Å². The van der Waals surface area contributed by atoms with Gasteiger partial charge in [0.1, 0.15) is 6.07 Å². The van der Waals surface area contributed by atoms with Crippen molar-refractivity contribution >= 4 is 51.5 Å². The molecule has 4 rings (SSSR count). The number of anilines is 4. The van der Waals surface area contributed by atoms with E-state index in [9.17, 15) is 19.6 Å². The third-order valence-corrected chi connectivity index (χ3v) is 6.56. The molecule has 0 spiro atoms. The fourth-order valence-electron chi connectivity index (χ4n) is 3.90. The van der Waals surface area contributed by atoms with Gasteiger partial charge >= 0.3 is 6.09 Å². The zero-order valence-corrected chi connectivity index (χ0v) is 20.9. The zero-order valence-electron chi connectivity index (χ0n) is 20.1. The summed E-state index contributed by atoms with van der Waals surface area (Å²) in [5.74, 6) is 0.119. The smallest absolute Gasteiger partial charge is 0.404 e. The first-order valence-electron chi connectivity index (χ1n) is 11.0. The third-order valence-electron chi connectivity index (χ3n) is 5.61. The Morgan fingerprint density at radius 3 is 2.69 bits per heavy atom. The van der Waals surface area contributed by atoms with Crippen LogP contribution in [0.15, 0.2) is 41.8 Å². The lowest BCUT2D eigenvalue weighted by molar-refractivity contribution is 0.189. The van der Waals surface area contributed by atoms with Gasteiger partial charge in [0, 0.05) is 37.1 Å². The van der Waals surface area contributed by atoms with Crippen LogP contribution in [0.1, 0.15) is 23.4 Å².